The Kier molecular flexibility index (Phi) is 4.71. The van der Waals surface area contributed by atoms with Crippen molar-refractivity contribution in [3.8, 4) is 0 Å². The van der Waals surface area contributed by atoms with Gasteiger partial charge in [-0.1, -0.05) is 18.5 Å². The van der Waals surface area contributed by atoms with Crippen molar-refractivity contribution in [2.45, 2.75) is 13.3 Å². The molecule has 0 saturated carbocycles. The third kappa shape index (κ3) is 3.08. The summed E-state index contributed by atoms with van der Waals surface area (Å²) in [6.07, 6.45) is 4.00. The van der Waals surface area contributed by atoms with Crippen molar-refractivity contribution in [2.24, 2.45) is 0 Å². The van der Waals surface area contributed by atoms with Crippen molar-refractivity contribution in [3.05, 3.63) is 64.7 Å². The number of ketones is 1. The Morgan fingerprint density at radius 1 is 1.17 bits per heavy atom. The van der Waals surface area contributed by atoms with Crippen LogP contribution in [0.2, 0.25) is 5.02 Å². The predicted octanol–water partition coefficient (Wildman–Crippen LogP) is 4.48. The smallest absolute Gasteiger partial charge is 0.197 e. The van der Waals surface area contributed by atoms with Gasteiger partial charge in [-0.05, 0) is 36.8 Å². The first-order valence-corrected chi connectivity index (χ1v) is 7.97. The van der Waals surface area contributed by atoms with Crippen molar-refractivity contribution < 1.29 is 9.18 Å². The second kappa shape index (κ2) is 6.93. The number of fused-ring (bicyclic) bond motifs is 1. The van der Waals surface area contributed by atoms with Crippen molar-refractivity contribution in [3.63, 3.8) is 0 Å². The molecule has 1 heterocycles. The second-order valence-electron chi connectivity index (χ2n) is 5.30. The van der Waals surface area contributed by atoms with Crippen LogP contribution in [0.4, 0.5) is 10.1 Å². The molecule has 6 heteroatoms. The van der Waals surface area contributed by atoms with E-state index in [0.717, 1.165) is 6.42 Å². The zero-order chi connectivity index (χ0) is 17.1. The Morgan fingerprint density at radius 3 is 2.67 bits per heavy atom. The summed E-state index contributed by atoms with van der Waals surface area (Å²) in [6.45, 7) is 2.69. The minimum Gasteiger partial charge on any atom is -0.384 e. The molecule has 0 saturated heterocycles. The van der Waals surface area contributed by atoms with E-state index in [9.17, 15) is 9.18 Å². The van der Waals surface area contributed by atoms with Crippen LogP contribution in [-0.4, -0.2) is 22.3 Å². The van der Waals surface area contributed by atoms with E-state index in [1.165, 1.54) is 12.1 Å². The number of carbonyl (C=O) groups excluding carboxylic acids is 1. The molecule has 0 fully saturated rings. The molecule has 0 atom stereocenters. The van der Waals surface area contributed by atoms with Gasteiger partial charge < -0.3 is 5.32 Å². The summed E-state index contributed by atoms with van der Waals surface area (Å²) in [5.74, 6) is -1.13. The van der Waals surface area contributed by atoms with E-state index in [0.29, 0.717) is 28.8 Å². The second-order valence-corrected chi connectivity index (χ2v) is 5.68. The molecule has 24 heavy (non-hydrogen) atoms. The van der Waals surface area contributed by atoms with E-state index in [4.69, 9.17) is 11.6 Å². The van der Waals surface area contributed by atoms with Gasteiger partial charge in [0.25, 0.3) is 0 Å². The van der Waals surface area contributed by atoms with Crippen LogP contribution in [-0.2, 0) is 0 Å². The molecular formula is C18H15ClFN3O. The molecule has 0 aliphatic heterocycles. The first-order valence-electron chi connectivity index (χ1n) is 7.59. The van der Waals surface area contributed by atoms with Crippen LogP contribution in [0.5, 0.6) is 0 Å². The van der Waals surface area contributed by atoms with Gasteiger partial charge in [-0.15, -0.1) is 0 Å². The van der Waals surface area contributed by atoms with Crippen LogP contribution in [0, 0.1) is 5.82 Å². The lowest BCUT2D eigenvalue weighted by Gasteiger charge is -2.12. The molecule has 2 aromatic carbocycles. The minimum atomic E-state index is -0.647. The van der Waals surface area contributed by atoms with E-state index < -0.39 is 11.6 Å². The van der Waals surface area contributed by atoms with Gasteiger partial charge in [0.1, 0.15) is 5.82 Å². The van der Waals surface area contributed by atoms with Crippen molar-refractivity contribution in [2.75, 3.05) is 11.9 Å². The van der Waals surface area contributed by atoms with Gasteiger partial charge in [0.2, 0.25) is 0 Å². The Bertz CT molecular complexity index is 914. The highest BCUT2D eigenvalue weighted by molar-refractivity contribution is 6.37. The summed E-state index contributed by atoms with van der Waals surface area (Å²) < 4.78 is 14.2. The number of anilines is 1. The lowest BCUT2D eigenvalue weighted by Crippen LogP contribution is -2.09. The highest BCUT2D eigenvalue weighted by atomic mass is 35.5. The van der Waals surface area contributed by atoms with E-state index in [-0.39, 0.29) is 10.6 Å². The Labute approximate surface area is 143 Å². The topological polar surface area (TPSA) is 54.9 Å². The predicted molar refractivity (Wildman–Crippen MR) is 93.2 cm³/mol. The number of carbonyl (C=O) groups is 1. The Hall–Kier alpha value is -2.53. The SMILES string of the molecule is CCCNc1ccc(F)c(C(=O)c2ccc3nccnc3c2)c1Cl. The summed E-state index contributed by atoms with van der Waals surface area (Å²) in [5, 5.41) is 3.18. The van der Waals surface area contributed by atoms with Gasteiger partial charge in [0, 0.05) is 24.5 Å². The van der Waals surface area contributed by atoms with Crippen LogP contribution >= 0.6 is 11.6 Å². The van der Waals surface area contributed by atoms with Gasteiger partial charge >= 0.3 is 0 Å². The molecule has 0 spiro atoms. The van der Waals surface area contributed by atoms with Crippen molar-refractivity contribution in [1.29, 1.82) is 0 Å². The lowest BCUT2D eigenvalue weighted by molar-refractivity contribution is 0.103. The summed E-state index contributed by atoms with van der Waals surface area (Å²) in [6, 6.07) is 7.66. The Balaban J connectivity index is 2.04. The number of nitrogens with zero attached hydrogens (tertiary/aromatic N) is 2. The van der Waals surface area contributed by atoms with Gasteiger partial charge in [-0.3, -0.25) is 14.8 Å². The lowest BCUT2D eigenvalue weighted by atomic mass is 10.0. The largest absolute Gasteiger partial charge is 0.384 e. The van der Waals surface area contributed by atoms with Crippen LogP contribution in [0.3, 0.4) is 0 Å². The fourth-order valence-corrected chi connectivity index (χ4v) is 2.71. The molecule has 0 aliphatic carbocycles. The number of hydrogen-bond acceptors (Lipinski definition) is 4. The standard InChI is InChI=1S/C18H15ClFN3O/c1-2-7-21-14-6-4-12(20)16(17(14)19)18(24)11-3-5-13-15(10-11)23-9-8-22-13/h3-6,8-10,21H,2,7H2,1H3. The fraction of sp³-hybridized carbons (Fsp3) is 0.167. The van der Waals surface area contributed by atoms with Crippen molar-refractivity contribution >= 4 is 34.1 Å². The fourth-order valence-electron chi connectivity index (χ4n) is 2.41. The van der Waals surface area contributed by atoms with Crippen molar-refractivity contribution in [1.82, 2.24) is 9.97 Å². The van der Waals surface area contributed by atoms with E-state index in [1.54, 1.807) is 30.6 Å². The van der Waals surface area contributed by atoms with Gasteiger partial charge in [0.15, 0.2) is 5.78 Å². The maximum absolute atomic E-state index is 14.2. The monoisotopic (exact) mass is 343 g/mol. The minimum absolute atomic E-state index is 0.0905. The van der Waals surface area contributed by atoms with E-state index in [1.807, 2.05) is 6.92 Å². The summed E-state index contributed by atoms with van der Waals surface area (Å²) in [7, 11) is 0. The molecule has 3 rings (SSSR count). The number of aromatic nitrogens is 2. The average Bonchev–Trinajstić information content (AvgIpc) is 2.60. The molecule has 122 valence electrons. The van der Waals surface area contributed by atoms with Gasteiger partial charge in [0.05, 0.1) is 27.3 Å². The van der Waals surface area contributed by atoms with Gasteiger partial charge in [-0.2, -0.15) is 0 Å². The number of benzene rings is 2. The zero-order valence-corrected chi connectivity index (χ0v) is 13.8. The average molecular weight is 344 g/mol. The third-order valence-corrected chi connectivity index (χ3v) is 4.01. The number of rotatable bonds is 5. The van der Waals surface area contributed by atoms with Crippen LogP contribution in [0.25, 0.3) is 11.0 Å². The van der Waals surface area contributed by atoms with E-state index in [2.05, 4.69) is 15.3 Å². The third-order valence-electron chi connectivity index (χ3n) is 3.62. The molecule has 0 aliphatic rings. The van der Waals surface area contributed by atoms with E-state index >= 15 is 0 Å². The highest BCUT2D eigenvalue weighted by Crippen LogP contribution is 2.30. The molecule has 0 amide bonds. The van der Waals surface area contributed by atoms with Gasteiger partial charge in [-0.25, -0.2) is 4.39 Å². The Morgan fingerprint density at radius 2 is 1.92 bits per heavy atom. The normalized spacial score (nSPS) is 10.8. The zero-order valence-electron chi connectivity index (χ0n) is 13.0. The molecule has 0 radical (unpaired) electrons. The number of halogens is 2. The molecule has 0 bridgehead atoms. The maximum atomic E-state index is 14.2. The quantitative estimate of drug-likeness (QED) is 0.694. The molecule has 0 unspecified atom stereocenters. The summed E-state index contributed by atoms with van der Waals surface area (Å²) in [5.41, 5.74) is 1.96. The molecular weight excluding hydrogens is 329 g/mol. The molecule has 1 N–H and O–H groups in total. The number of nitrogens with one attached hydrogen (secondary N) is 1. The van der Waals surface area contributed by atoms with Crippen LogP contribution < -0.4 is 5.32 Å². The number of hydrogen-bond donors (Lipinski definition) is 1. The van der Waals surface area contributed by atoms with Crippen LogP contribution in [0.15, 0.2) is 42.7 Å². The summed E-state index contributed by atoms with van der Waals surface area (Å²) >= 11 is 6.26. The molecule has 1 aromatic heterocycles. The first-order chi connectivity index (χ1) is 11.6. The molecule has 3 aromatic rings. The summed E-state index contributed by atoms with van der Waals surface area (Å²) in [4.78, 5) is 21.1. The first kappa shape index (κ1) is 16.3. The molecule has 4 nitrogen and oxygen atoms in total. The maximum Gasteiger partial charge on any atom is 0.197 e. The van der Waals surface area contributed by atoms with Crippen LogP contribution in [0.1, 0.15) is 29.3 Å². The highest BCUT2D eigenvalue weighted by Gasteiger charge is 2.21.